The second kappa shape index (κ2) is 7.45. The van der Waals surface area contributed by atoms with Crippen molar-refractivity contribution in [1.82, 2.24) is 5.32 Å². The molecule has 1 aliphatic rings. The number of thiocarbonyl (C=S) groups is 1. The zero-order chi connectivity index (χ0) is 18.7. The summed E-state index contributed by atoms with van der Waals surface area (Å²) in [5, 5.41) is 3.25. The van der Waals surface area contributed by atoms with E-state index in [0.717, 1.165) is 5.56 Å². The fourth-order valence-electron chi connectivity index (χ4n) is 2.66. The molecule has 0 aromatic heterocycles. The number of rotatable bonds is 5. The maximum atomic E-state index is 12.9. The number of amides is 1. The van der Waals surface area contributed by atoms with E-state index in [4.69, 9.17) is 26.4 Å². The SMILES string of the molecule is COc1ccc(/C=C2/NC(=S)N(c3ccccc3OC)C2=O)c(OC)c1. The summed E-state index contributed by atoms with van der Waals surface area (Å²) in [4.78, 5) is 14.3. The minimum Gasteiger partial charge on any atom is -0.497 e. The van der Waals surface area contributed by atoms with Gasteiger partial charge >= 0.3 is 0 Å². The lowest BCUT2D eigenvalue weighted by Crippen LogP contribution is -2.30. The molecule has 2 aromatic carbocycles. The van der Waals surface area contributed by atoms with Gasteiger partial charge in [0.05, 0.1) is 27.0 Å². The minimum absolute atomic E-state index is 0.266. The van der Waals surface area contributed by atoms with Gasteiger partial charge in [-0.3, -0.25) is 4.79 Å². The molecule has 0 saturated carbocycles. The standard InChI is InChI=1S/C19H18N2O4S/c1-23-13-9-8-12(17(11-13)25-3)10-14-18(22)21(19(26)20-14)15-6-4-5-7-16(15)24-2/h4-11H,1-3H3,(H,20,26)/b14-10+. The zero-order valence-corrected chi connectivity index (χ0v) is 15.4. The summed E-state index contributed by atoms with van der Waals surface area (Å²) in [7, 11) is 4.69. The summed E-state index contributed by atoms with van der Waals surface area (Å²) in [6.07, 6.45) is 1.70. The van der Waals surface area contributed by atoms with Crippen LogP contribution in [0, 0.1) is 0 Å². The van der Waals surface area contributed by atoms with Gasteiger partial charge in [-0.05, 0) is 42.6 Å². The molecule has 0 bridgehead atoms. The van der Waals surface area contributed by atoms with E-state index < -0.39 is 0 Å². The van der Waals surface area contributed by atoms with Gasteiger partial charge < -0.3 is 19.5 Å². The third-order valence-corrected chi connectivity index (χ3v) is 4.23. The lowest BCUT2D eigenvalue weighted by molar-refractivity contribution is -0.113. The molecule has 26 heavy (non-hydrogen) atoms. The van der Waals surface area contributed by atoms with Crippen LogP contribution < -0.4 is 24.4 Å². The van der Waals surface area contributed by atoms with E-state index in [-0.39, 0.29) is 5.91 Å². The van der Waals surface area contributed by atoms with Crippen molar-refractivity contribution in [2.75, 3.05) is 26.2 Å². The molecule has 0 spiro atoms. The average Bonchev–Trinajstić information content (AvgIpc) is 2.95. The Kier molecular flexibility index (Phi) is 5.09. The van der Waals surface area contributed by atoms with Gasteiger partial charge in [0.25, 0.3) is 5.91 Å². The van der Waals surface area contributed by atoms with Gasteiger partial charge in [-0.1, -0.05) is 12.1 Å². The number of carbonyl (C=O) groups excluding carboxylic acids is 1. The molecule has 2 aromatic rings. The Balaban J connectivity index is 1.98. The van der Waals surface area contributed by atoms with Crippen LogP contribution in [-0.2, 0) is 4.79 Å². The van der Waals surface area contributed by atoms with E-state index in [9.17, 15) is 4.79 Å². The molecule has 1 saturated heterocycles. The molecule has 6 nitrogen and oxygen atoms in total. The van der Waals surface area contributed by atoms with Crippen molar-refractivity contribution in [1.29, 1.82) is 0 Å². The Morgan fingerprint density at radius 2 is 1.73 bits per heavy atom. The molecule has 3 rings (SSSR count). The van der Waals surface area contributed by atoms with Crippen LogP contribution >= 0.6 is 12.2 Å². The van der Waals surface area contributed by atoms with E-state index in [1.165, 1.54) is 4.90 Å². The first kappa shape index (κ1) is 17.8. The number of hydrogen-bond acceptors (Lipinski definition) is 5. The van der Waals surface area contributed by atoms with E-state index in [2.05, 4.69) is 5.32 Å². The molecular weight excluding hydrogens is 352 g/mol. The lowest BCUT2D eigenvalue weighted by atomic mass is 10.1. The second-order valence-corrected chi connectivity index (χ2v) is 5.80. The summed E-state index contributed by atoms with van der Waals surface area (Å²) >= 11 is 5.35. The van der Waals surface area contributed by atoms with Crippen molar-refractivity contribution < 1.29 is 19.0 Å². The monoisotopic (exact) mass is 370 g/mol. The van der Waals surface area contributed by atoms with Crippen molar-refractivity contribution >= 4 is 35.0 Å². The molecule has 1 aliphatic heterocycles. The summed E-state index contributed by atoms with van der Waals surface area (Å²) in [5.74, 6) is 1.56. The summed E-state index contributed by atoms with van der Waals surface area (Å²) < 4.78 is 15.9. The first-order chi connectivity index (χ1) is 12.6. The van der Waals surface area contributed by atoms with E-state index in [0.29, 0.717) is 33.7 Å². The second-order valence-electron chi connectivity index (χ2n) is 5.41. The molecule has 1 amide bonds. The number of para-hydroxylation sites is 2. The average molecular weight is 370 g/mol. The minimum atomic E-state index is -0.266. The molecule has 1 heterocycles. The normalized spacial score (nSPS) is 15.2. The summed E-state index contributed by atoms with van der Waals surface area (Å²) in [5.41, 5.74) is 1.67. The fourth-order valence-corrected chi connectivity index (χ4v) is 2.95. The molecule has 0 unspecified atom stereocenters. The number of hydrogen-bond donors (Lipinski definition) is 1. The number of nitrogens with one attached hydrogen (secondary N) is 1. The van der Waals surface area contributed by atoms with Crippen molar-refractivity contribution in [3.63, 3.8) is 0 Å². The number of anilines is 1. The van der Waals surface area contributed by atoms with Crippen LogP contribution in [-0.4, -0.2) is 32.3 Å². The number of carbonyl (C=O) groups is 1. The fraction of sp³-hybridized carbons (Fsp3) is 0.158. The van der Waals surface area contributed by atoms with Crippen molar-refractivity contribution in [2.45, 2.75) is 0 Å². The smallest absolute Gasteiger partial charge is 0.281 e. The Morgan fingerprint density at radius 1 is 1.00 bits per heavy atom. The highest BCUT2D eigenvalue weighted by Crippen LogP contribution is 2.32. The van der Waals surface area contributed by atoms with Crippen LogP contribution in [0.15, 0.2) is 48.2 Å². The van der Waals surface area contributed by atoms with Gasteiger partial charge in [0.1, 0.15) is 22.9 Å². The Bertz CT molecular complexity index is 895. The van der Waals surface area contributed by atoms with Crippen LogP contribution in [0.3, 0.4) is 0 Å². The zero-order valence-electron chi connectivity index (χ0n) is 14.6. The predicted octanol–water partition coefficient (Wildman–Crippen LogP) is 2.97. The topological polar surface area (TPSA) is 60.0 Å². The Hall–Kier alpha value is -3.06. The van der Waals surface area contributed by atoms with Gasteiger partial charge in [-0.25, -0.2) is 4.90 Å². The van der Waals surface area contributed by atoms with Gasteiger partial charge in [-0.15, -0.1) is 0 Å². The maximum absolute atomic E-state index is 12.9. The van der Waals surface area contributed by atoms with E-state index >= 15 is 0 Å². The summed E-state index contributed by atoms with van der Waals surface area (Å²) in [6.45, 7) is 0. The lowest BCUT2D eigenvalue weighted by Gasteiger charge is -2.17. The number of nitrogens with zero attached hydrogens (tertiary/aromatic N) is 1. The quantitative estimate of drug-likeness (QED) is 0.645. The first-order valence-electron chi connectivity index (χ1n) is 7.81. The van der Waals surface area contributed by atoms with E-state index in [1.807, 2.05) is 18.2 Å². The van der Waals surface area contributed by atoms with Gasteiger partial charge in [0.15, 0.2) is 5.11 Å². The molecule has 1 N–H and O–H groups in total. The van der Waals surface area contributed by atoms with Crippen molar-refractivity contribution in [3.8, 4) is 17.2 Å². The van der Waals surface area contributed by atoms with Gasteiger partial charge in [0.2, 0.25) is 0 Å². The van der Waals surface area contributed by atoms with Crippen LogP contribution in [0.25, 0.3) is 6.08 Å². The highest BCUT2D eigenvalue weighted by Gasteiger charge is 2.33. The van der Waals surface area contributed by atoms with Crippen LogP contribution in [0.5, 0.6) is 17.2 Å². The van der Waals surface area contributed by atoms with E-state index in [1.54, 1.807) is 51.7 Å². The third kappa shape index (κ3) is 3.21. The van der Waals surface area contributed by atoms with Gasteiger partial charge in [0, 0.05) is 11.6 Å². The number of ether oxygens (including phenoxy) is 3. The predicted molar refractivity (Wildman–Crippen MR) is 104 cm³/mol. The molecule has 1 fully saturated rings. The molecule has 7 heteroatoms. The molecule has 0 aliphatic carbocycles. The summed E-state index contributed by atoms with van der Waals surface area (Å²) in [6, 6.07) is 12.6. The number of methoxy groups -OCH3 is 3. The van der Waals surface area contributed by atoms with Gasteiger partial charge in [-0.2, -0.15) is 0 Å². The highest BCUT2D eigenvalue weighted by molar-refractivity contribution is 7.80. The largest absolute Gasteiger partial charge is 0.497 e. The molecule has 0 radical (unpaired) electrons. The van der Waals surface area contributed by atoms with Crippen LogP contribution in [0.1, 0.15) is 5.56 Å². The third-order valence-electron chi connectivity index (χ3n) is 3.94. The van der Waals surface area contributed by atoms with Crippen LogP contribution in [0.2, 0.25) is 0 Å². The Morgan fingerprint density at radius 3 is 2.42 bits per heavy atom. The van der Waals surface area contributed by atoms with Crippen molar-refractivity contribution in [2.24, 2.45) is 0 Å². The first-order valence-corrected chi connectivity index (χ1v) is 8.22. The van der Waals surface area contributed by atoms with Crippen molar-refractivity contribution in [3.05, 3.63) is 53.7 Å². The Labute approximate surface area is 157 Å². The molecule has 134 valence electrons. The highest BCUT2D eigenvalue weighted by atomic mass is 32.1. The molecular formula is C19H18N2O4S. The van der Waals surface area contributed by atoms with Crippen LogP contribution in [0.4, 0.5) is 5.69 Å². The molecule has 0 atom stereocenters. The maximum Gasteiger partial charge on any atom is 0.281 e. The number of benzene rings is 2.